The molecule has 2 rings (SSSR count). The molecule has 0 aromatic heterocycles. The maximum atomic E-state index is 10.7. The average Bonchev–Trinajstić information content (AvgIpc) is 2.74. The van der Waals surface area contributed by atoms with E-state index in [1.54, 1.807) is 0 Å². The van der Waals surface area contributed by atoms with E-state index in [0.717, 1.165) is 42.8 Å². The van der Waals surface area contributed by atoms with E-state index in [0.29, 0.717) is 13.0 Å². The van der Waals surface area contributed by atoms with Gasteiger partial charge in [0.1, 0.15) is 5.75 Å². The van der Waals surface area contributed by atoms with Crippen LogP contribution in [0.4, 0.5) is 11.4 Å². The van der Waals surface area contributed by atoms with Crippen LogP contribution in [0.2, 0.25) is 0 Å². The van der Waals surface area contributed by atoms with E-state index in [1.165, 1.54) is 31.2 Å². The van der Waals surface area contributed by atoms with Crippen molar-refractivity contribution >= 4 is 28.2 Å². The van der Waals surface area contributed by atoms with Gasteiger partial charge in [-0.2, -0.15) is 10.2 Å². The highest BCUT2D eigenvalue weighted by Crippen LogP contribution is 2.22. The molecule has 156 valence electrons. The molecular weight excluding hydrogens is 384 g/mol. The van der Waals surface area contributed by atoms with Gasteiger partial charge in [-0.1, -0.05) is 38.3 Å². The van der Waals surface area contributed by atoms with Crippen molar-refractivity contribution in [3.8, 4) is 5.75 Å². The zero-order chi connectivity index (χ0) is 20.7. The van der Waals surface area contributed by atoms with Gasteiger partial charge in [0.15, 0.2) is 0 Å². The first-order valence-corrected chi connectivity index (χ1v) is 11.0. The van der Waals surface area contributed by atoms with E-state index in [4.69, 9.17) is 16.3 Å². The normalized spacial score (nSPS) is 11.1. The molecule has 2 aromatic rings. The van der Waals surface area contributed by atoms with Crippen molar-refractivity contribution < 1.29 is 9.53 Å². The van der Waals surface area contributed by atoms with Gasteiger partial charge in [0, 0.05) is 6.42 Å². The Morgan fingerprint density at radius 1 is 0.828 bits per heavy atom. The number of carbonyl (C=O) groups excluding carboxylic acids is 1. The van der Waals surface area contributed by atoms with E-state index in [1.807, 2.05) is 36.4 Å². The van der Waals surface area contributed by atoms with Gasteiger partial charge in [-0.25, -0.2) is 0 Å². The molecule has 0 bridgehead atoms. The summed E-state index contributed by atoms with van der Waals surface area (Å²) >= 11 is 5.31. The van der Waals surface area contributed by atoms with Crippen LogP contribution < -0.4 is 4.74 Å². The highest BCUT2D eigenvalue weighted by atomic mass is 35.5. The van der Waals surface area contributed by atoms with Crippen molar-refractivity contribution in [3.63, 3.8) is 0 Å². The van der Waals surface area contributed by atoms with Gasteiger partial charge < -0.3 is 4.74 Å². The summed E-state index contributed by atoms with van der Waals surface area (Å²) in [7, 11) is 0. The van der Waals surface area contributed by atoms with E-state index < -0.39 is 0 Å². The molecule has 2 aromatic carbocycles. The summed E-state index contributed by atoms with van der Waals surface area (Å²) in [6.07, 6.45) is 9.33. The minimum atomic E-state index is -0.269. The van der Waals surface area contributed by atoms with Gasteiger partial charge in [0.2, 0.25) is 5.24 Å². The molecule has 0 unspecified atom stereocenters. The smallest absolute Gasteiger partial charge is 0.221 e. The molecule has 0 aliphatic carbocycles. The molecule has 0 spiro atoms. The van der Waals surface area contributed by atoms with Crippen molar-refractivity contribution in [2.45, 2.75) is 64.7 Å². The topological polar surface area (TPSA) is 51.0 Å². The van der Waals surface area contributed by atoms with Crippen LogP contribution >= 0.6 is 11.6 Å². The number of benzene rings is 2. The van der Waals surface area contributed by atoms with Gasteiger partial charge in [0.05, 0.1) is 18.0 Å². The second-order valence-corrected chi connectivity index (χ2v) is 7.61. The number of carbonyl (C=O) groups is 1. The number of unbranched alkanes of at least 4 members (excludes halogenated alkanes) is 5. The molecule has 0 amide bonds. The minimum Gasteiger partial charge on any atom is -0.494 e. The van der Waals surface area contributed by atoms with Crippen LogP contribution in [0, 0.1) is 0 Å². The summed E-state index contributed by atoms with van der Waals surface area (Å²) in [5.41, 5.74) is 3.01. The summed E-state index contributed by atoms with van der Waals surface area (Å²) < 4.78 is 5.70. The lowest BCUT2D eigenvalue weighted by Crippen LogP contribution is -1.97. The summed E-state index contributed by atoms with van der Waals surface area (Å²) in [6, 6.07) is 15.9. The Bertz CT molecular complexity index is 742. The maximum Gasteiger partial charge on any atom is 0.221 e. The Morgan fingerprint density at radius 2 is 1.45 bits per heavy atom. The standard InChI is InChI=1S/C24H31ClN2O2/c1-2-3-4-6-9-20-11-13-21(14-12-20)26-27-22-15-17-23(18-16-22)29-19-8-5-7-10-24(25)28/h11-18H,2-10,19H2,1H3. The molecule has 4 nitrogen and oxygen atoms in total. The molecule has 0 atom stereocenters. The van der Waals surface area contributed by atoms with Crippen molar-refractivity contribution in [2.24, 2.45) is 10.2 Å². The number of aryl methyl sites for hydroxylation is 1. The predicted molar refractivity (Wildman–Crippen MR) is 120 cm³/mol. The van der Waals surface area contributed by atoms with E-state index in [2.05, 4.69) is 29.3 Å². The lowest BCUT2D eigenvalue weighted by Gasteiger charge is -2.05. The molecule has 0 saturated carbocycles. The Hall–Kier alpha value is -2.20. The molecule has 0 radical (unpaired) electrons. The Labute approximate surface area is 179 Å². The van der Waals surface area contributed by atoms with Crippen molar-refractivity contribution in [1.29, 1.82) is 0 Å². The molecule has 0 saturated heterocycles. The number of nitrogens with zero attached hydrogens (tertiary/aromatic N) is 2. The van der Waals surface area contributed by atoms with Gasteiger partial charge in [-0.15, -0.1) is 0 Å². The number of hydrogen-bond donors (Lipinski definition) is 0. The molecular formula is C24H31ClN2O2. The SMILES string of the molecule is CCCCCCc1ccc(N=Nc2ccc(OCCCCCC(=O)Cl)cc2)cc1. The van der Waals surface area contributed by atoms with E-state index in [9.17, 15) is 4.79 Å². The molecule has 0 fully saturated rings. The molecule has 0 aliphatic heterocycles. The molecule has 29 heavy (non-hydrogen) atoms. The summed E-state index contributed by atoms with van der Waals surface area (Å²) in [5, 5.41) is 8.34. The van der Waals surface area contributed by atoms with E-state index in [-0.39, 0.29) is 5.24 Å². The van der Waals surface area contributed by atoms with Crippen LogP contribution in [0.25, 0.3) is 0 Å². The average molecular weight is 415 g/mol. The monoisotopic (exact) mass is 414 g/mol. The zero-order valence-electron chi connectivity index (χ0n) is 17.3. The molecule has 0 heterocycles. The number of ether oxygens (including phenoxy) is 1. The third kappa shape index (κ3) is 10.2. The highest BCUT2D eigenvalue weighted by Gasteiger charge is 1.99. The second-order valence-electron chi connectivity index (χ2n) is 7.19. The van der Waals surface area contributed by atoms with Crippen LogP contribution in [0.5, 0.6) is 5.75 Å². The first kappa shape index (κ1) is 23.1. The Balaban J connectivity index is 1.71. The number of hydrogen-bond acceptors (Lipinski definition) is 4. The van der Waals surface area contributed by atoms with Crippen LogP contribution in [0.15, 0.2) is 58.8 Å². The maximum absolute atomic E-state index is 10.7. The van der Waals surface area contributed by atoms with Gasteiger partial charge in [-0.3, -0.25) is 4.79 Å². The summed E-state index contributed by atoms with van der Waals surface area (Å²) in [4.78, 5) is 10.7. The first-order valence-electron chi connectivity index (χ1n) is 10.6. The van der Waals surface area contributed by atoms with Crippen molar-refractivity contribution in [1.82, 2.24) is 0 Å². The van der Waals surface area contributed by atoms with Crippen molar-refractivity contribution in [2.75, 3.05) is 6.61 Å². The van der Waals surface area contributed by atoms with E-state index >= 15 is 0 Å². The second kappa shape index (κ2) is 13.9. The molecule has 0 N–H and O–H groups in total. The lowest BCUT2D eigenvalue weighted by atomic mass is 10.1. The summed E-state index contributed by atoms with van der Waals surface area (Å²) in [5.74, 6) is 0.810. The van der Waals surface area contributed by atoms with Crippen molar-refractivity contribution in [3.05, 3.63) is 54.1 Å². The minimum absolute atomic E-state index is 0.269. The molecule has 0 aliphatic rings. The van der Waals surface area contributed by atoms with Gasteiger partial charge in [0.25, 0.3) is 0 Å². The summed E-state index contributed by atoms with van der Waals surface area (Å²) in [6.45, 7) is 2.86. The fraction of sp³-hybridized carbons (Fsp3) is 0.458. The van der Waals surface area contributed by atoms with Crippen LogP contribution in [-0.4, -0.2) is 11.8 Å². The highest BCUT2D eigenvalue weighted by molar-refractivity contribution is 6.63. The molecule has 5 heteroatoms. The van der Waals surface area contributed by atoms with Crippen LogP contribution in [0.3, 0.4) is 0 Å². The van der Waals surface area contributed by atoms with Crippen LogP contribution in [0.1, 0.15) is 63.9 Å². The first-order chi connectivity index (χ1) is 14.2. The largest absolute Gasteiger partial charge is 0.494 e. The van der Waals surface area contributed by atoms with Gasteiger partial charge >= 0.3 is 0 Å². The number of azo groups is 1. The third-order valence-electron chi connectivity index (χ3n) is 4.66. The van der Waals surface area contributed by atoms with Crippen LogP contribution in [-0.2, 0) is 11.2 Å². The Morgan fingerprint density at radius 3 is 2.07 bits per heavy atom. The Kier molecular flexibility index (Phi) is 11.1. The third-order valence-corrected chi connectivity index (χ3v) is 4.85. The lowest BCUT2D eigenvalue weighted by molar-refractivity contribution is -0.111. The predicted octanol–water partition coefficient (Wildman–Crippen LogP) is 7.93. The quantitative estimate of drug-likeness (QED) is 0.179. The van der Waals surface area contributed by atoms with Gasteiger partial charge in [-0.05, 0) is 85.7 Å². The number of rotatable bonds is 14. The fourth-order valence-electron chi connectivity index (χ4n) is 2.94. The fourth-order valence-corrected chi connectivity index (χ4v) is 3.08. The zero-order valence-corrected chi connectivity index (χ0v) is 18.0. The number of halogens is 1.